The Morgan fingerprint density at radius 2 is 1.75 bits per heavy atom. The second-order valence-corrected chi connectivity index (χ2v) is 10.2. The smallest absolute Gasteiger partial charge is 0.306 e. The first-order valence-corrected chi connectivity index (χ1v) is 13.3. The van der Waals surface area contributed by atoms with E-state index in [0.29, 0.717) is 29.9 Å². The maximum atomic E-state index is 12.7. The second-order valence-electron chi connectivity index (χ2n) is 8.65. The summed E-state index contributed by atoms with van der Waals surface area (Å²) in [4.78, 5) is 18.4. The quantitative estimate of drug-likeness (QED) is 0.352. The number of H-pyrrole nitrogens is 1. The molecule has 0 aliphatic carbocycles. The van der Waals surface area contributed by atoms with E-state index in [2.05, 4.69) is 27.3 Å². The minimum absolute atomic E-state index is 0.0303. The maximum absolute atomic E-state index is 12.7. The molecule has 1 aliphatic heterocycles. The number of carbonyl (C=O) groups excluding carboxylic acids is 1. The topological polar surface area (TPSA) is 119 Å². The van der Waals surface area contributed by atoms with Gasteiger partial charge in [-0.05, 0) is 29.8 Å². The molecule has 11 heteroatoms. The summed E-state index contributed by atoms with van der Waals surface area (Å²) in [7, 11) is 0.988. The van der Waals surface area contributed by atoms with E-state index in [1.54, 1.807) is 20.3 Å². The lowest BCUT2D eigenvalue weighted by atomic mass is 9.98. The Morgan fingerprint density at radius 1 is 1.03 bits per heavy atom. The van der Waals surface area contributed by atoms with Crippen LogP contribution in [0.4, 0.5) is 0 Å². The third-order valence-electron chi connectivity index (χ3n) is 6.06. The molecule has 0 spiro atoms. The minimum atomic E-state index is -3.82. The molecule has 4 rings (SSSR count). The van der Waals surface area contributed by atoms with Crippen molar-refractivity contribution in [3.63, 3.8) is 0 Å². The van der Waals surface area contributed by atoms with E-state index >= 15 is 0 Å². The number of aromatic amines is 1. The van der Waals surface area contributed by atoms with Crippen molar-refractivity contribution < 1.29 is 31.6 Å². The molecule has 0 unspecified atom stereocenters. The summed E-state index contributed by atoms with van der Waals surface area (Å²) in [6, 6.07) is 9.80. The highest BCUT2D eigenvalue weighted by atomic mass is 32.2. The summed E-state index contributed by atoms with van der Waals surface area (Å²) >= 11 is 0. The zero-order chi connectivity index (χ0) is 25.9. The van der Waals surface area contributed by atoms with Gasteiger partial charge in [-0.25, -0.2) is 0 Å². The average Bonchev–Trinajstić information content (AvgIpc) is 3.43. The molecule has 0 atom stereocenters. The number of hydrogen-bond acceptors (Lipinski definition) is 8. The highest BCUT2D eigenvalue weighted by Crippen LogP contribution is 2.43. The molecule has 1 aliphatic rings. The predicted octanol–water partition coefficient (Wildman–Crippen LogP) is 2.52. The summed E-state index contributed by atoms with van der Waals surface area (Å²) < 4.78 is 44.8. The lowest BCUT2D eigenvalue weighted by Crippen LogP contribution is -2.30. The monoisotopic (exact) mass is 517 g/mol. The second kappa shape index (κ2) is 10.9. The Balaban J connectivity index is 1.72. The number of benzene rings is 2. The Morgan fingerprint density at radius 3 is 2.39 bits per heavy atom. The van der Waals surface area contributed by atoms with Gasteiger partial charge in [0.05, 0.1) is 32.1 Å². The van der Waals surface area contributed by atoms with Gasteiger partial charge in [0, 0.05) is 68.1 Å². The van der Waals surface area contributed by atoms with Crippen molar-refractivity contribution in [1.82, 2.24) is 15.2 Å². The van der Waals surface area contributed by atoms with Gasteiger partial charge in [-0.2, -0.15) is 8.42 Å². The van der Waals surface area contributed by atoms with E-state index in [0.717, 1.165) is 48.1 Å². The standard InChI is InChI=1S/C25H31N3O7S/c1-32-9-7-28(8-10-33-2)15-16-5-6-20-17(11-16)12-21(27-20)18-13-22(34-3)24(35-36(4,30)31)19-14-26-25(29)23(18)19/h5-6,11-13,27H,7-10,14-15H2,1-4H3,(H,26,29). The van der Waals surface area contributed by atoms with Crippen LogP contribution in [0.1, 0.15) is 21.5 Å². The summed E-state index contributed by atoms with van der Waals surface area (Å²) in [5.41, 5.74) is 4.19. The molecule has 0 saturated carbocycles. The van der Waals surface area contributed by atoms with Crippen molar-refractivity contribution in [3.05, 3.63) is 47.0 Å². The Hall–Kier alpha value is -3.12. The summed E-state index contributed by atoms with van der Waals surface area (Å²) in [5.74, 6) is -0.0352. The fourth-order valence-electron chi connectivity index (χ4n) is 4.38. The summed E-state index contributed by atoms with van der Waals surface area (Å²) in [5, 5.41) is 3.75. The molecule has 1 aromatic heterocycles. The molecule has 10 nitrogen and oxygen atoms in total. The summed E-state index contributed by atoms with van der Waals surface area (Å²) in [6.45, 7) is 3.74. The van der Waals surface area contributed by atoms with Crippen molar-refractivity contribution in [1.29, 1.82) is 0 Å². The summed E-state index contributed by atoms with van der Waals surface area (Å²) in [6.07, 6.45) is 0.956. The predicted molar refractivity (Wildman–Crippen MR) is 136 cm³/mol. The number of hydrogen-bond donors (Lipinski definition) is 2. The number of carbonyl (C=O) groups is 1. The van der Waals surface area contributed by atoms with Crippen molar-refractivity contribution in [2.75, 3.05) is 53.9 Å². The molecule has 2 N–H and O–H groups in total. The van der Waals surface area contributed by atoms with E-state index in [1.165, 1.54) is 7.11 Å². The number of nitrogens with zero attached hydrogens (tertiary/aromatic N) is 1. The van der Waals surface area contributed by atoms with Crippen molar-refractivity contribution in [3.8, 4) is 22.8 Å². The van der Waals surface area contributed by atoms with E-state index in [9.17, 15) is 13.2 Å². The molecular formula is C25H31N3O7S. The minimum Gasteiger partial charge on any atom is -0.493 e. The van der Waals surface area contributed by atoms with Gasteiger partial charge in [-0.15, -0.1) is 0 Å². The molecule has 2 heterocycles. The van der Waals surface area contributed by atoms with Crippen LogP contribution in [-0.2, 0) is 32.7 Å². The van der Waals surface area contributed by atoms with Crippen molar-refractivity contribution in [2.24, 2.45) is 0 Å². The molecule has 0 fully saturated rings. The van der Waals surface area contributed by atoms with Crippen molar-refractivity contribution in [2.45, 2.75) is 13.1 Å². The first-order valence-electron chi connectivity index (χ1n) is 11.5. The third kappa shape index (κ3) is 5.65. The molecule has 36 heavy (non-hydrogen) atoms. The van der Waals surface area contributed by atoms with Crippen LogP contribution in [0.3, 0.4) is 0 Å². The number of methoxy groups -OCH3 is 3. The van der Waals surface area contributed by atoms with E-state index in [-0.39, 0.29) is 24.0 Å². The van der Waals surface area contributed by atoms with Gasteiger partial charge in [0.25, 0.3) is 5.91 Å². The van der Waals surface area contributed by atoms with Crippen LogP contribution in [0.25, 0.3) is 22.2 Å². The van der Waals surface area contributed by atoms with Gasteiger partial charge < -0.3 is 28.7 Å². The van der Waals surface area contributed by atoms with Crippen LogP contribution in [0.15, 0.2) is 30.3 Å². The zero-order valence-corrected chi connectivity index (χ0v) is 21.7. The zero-order valence-electron chi connectivity index (χ0n) is 20.8. The molecule has 3 aromatic rings. The van der Waals surface area contributed by atoms with Crippen LogP contribution in [0.5, 0.6) is 11.5 Å². The number of fused-ring (bicyclic) bond motifs is 2. The first-order chi connectivity index (χ1) is 17.2. The van der Waals surface area contributed by atoms with Gasteiger partial charge >= 0.3 is 10.1 Å². The molecule has 1 amide bonds. The Kier molecular flexibility index (Phi) is 7.84. The Labute approximate surface area is 210 Å². The number of aromatic nitrogens is 1. The Bertz CT molecular complexity index is 1360. The van der Waals surface area contributed by atoms with Crippen LogP contribution >= 0.6 is 0 Å². The lowest BCUT2D eigenvalue weighted by molar-refractivity contribution is 0.0966. The van der Waals surface area contributed by atoms with Crippen LogP contribution in [0, 0.1) is 0 Å². The normalized spacial score (nSPS) is 13.3. The van der Waals surface area contributed by atoms with E-state index in [4.69, 9.17) is 18.4 Å². The third-order valence-corrected chi connectivity index (χ3v) is 6.53. The van der Waals surface area contributed by atoms with Crippen LogP contribution in [0.2, 0.25) is 0 Å². The van der Waals surface area contributed by atoms with E-state index < -0.39 is 10.1 Å². The highest BCUT2D eigenvalue weighted by Gasteiger charge is 2.31. The maximum Gasteiger partial charge on any atom is 0.306 e. The number of ether oxygens (including phenoxy) is 3. The number of rotatable bonds is 12. The first kappa shape index (κ1) is 26.0. The molecule has 0 bridgehead atoms. The van der Waals surface area contributed by atoms with Crippen molar-refractivity contribution >= 4 is 26.9 Å². The number of nitrogens with one attached hydrogen (secondary N) is 2. The lowest BCUT2D eigenvalue weighted by Gasteiger charge is -2.21. The van der Waals surface area contributed by atoms with E-state index in [1.807, 2.05) is 12.1 Å². The van der Waals surface area contributed by atoms with Gasteiger partial charge in [0.15, 0.2) is 11.5 Å². The van der Waals surface area contributed by atoms with Gasteiger partial charge in [-0.1, -0.05) is 6.07 Å². The SMILES string of the molecule is COCCN(CCOC)Cc1ccc2[nH]c(-c3cc(OC)c(OS(C)(=O)=O)c4c3C(=O)NC4)cc2c1. The molecule has 0 radical (unpaired) electrons. The van der Waals surface area contributed by atoms with Crippen LogP contribution in [-0.4, -0.2) is 78.1 Å². The molecular weight excluding hydrogens is 486 g/mol. The molecule has 2 aromatic carbocycles. The van der Waals surface area contributed by atoms with Crippen LogP contribution < -0.4 is 14.2 Å². The fraction of sp³-hybridized carbons (Fsp3) is 0.400. The fourth-order valence-corrected chi connectivity index (χ4v) is 4.87. The van der Waals surface area contributed by atoms with Gasteiger partial charge in [0.2, 0.25) is 0 Å². The van der Waals surface area contributed by atoms with Gasteiger partial charge in [-0.3, -0.25) is 9.69 Å². The molecule has 0 saturated heterocycles. The largest absolute Gasteiger partial charge is 0.493 e. The number of amides is 1. The van der Waals surface area contributed by atoms with Gasteiger partial charge in [0.1, 0.15) is 0 Å². The average molecular weight is 518 g/mol. The molecule has 194 valence electrons. The highest BCUT2D eigenvalue weighted by molar-refractivity contribution is 7.86.